The van der Waals surface area contributed by atoms with Crippen molar-refractivity contribution in [3.63, 3.8) is 0 Å². The Bertz CT molecular complexity index is 188. The van der Waals surface area contributed by atoms with Crippen LogP contribution in [0.1, 0.15) is 34.1 Å². The maximum absolute atomic E-state index is 6.04. The smallest absolute Gasteiger partial charge is 0.259 e. The molecule has 15 heavy (non-hydrogen) atoms. The third kappa shape index (κ3) is 2.44. The second-order valence-electron chi connectivity index (χ2n) is 4.02. The van der Waals surface area contributed by atoms with E-state index in [0.29, 0.717) is 0 Å². The molecule has 1 atom stereocenters. The van der Waals surface area contributed by atoms with E-state index in [-0.39, 0.29) is 5.41 Å². The van der Waals surface area contributed by atoms with Crippen LogP contribution in [0.4, 0.5) is 0 Å². The number of hydrogen-bond acceptors (Lipinski definition) is 3. The molecule has 90 valence electrons. The van der Waals surface area contributed by atoms with Gasteiger partial charge in [0.15, 0.2) is 0 Å². The van der Waals surface area contributed by atoms with Gasteiger partial charge in [-0.1, -0.05) is 20.8 Å². The highest BCUT2D eigenvalue weighted by Gasteiger charge is 2.64. The van der Waals surface area contributed by atoms with Crippen molar-refractivity contribution in [3.8, 4) is 0 Å². The van der Waals surface area contributed by atoms with E-state index < -0.39 is 8.32 Å². The van der Waals surface area contributed by atoms with Gasteiger partial charge in [0.1, 0.15) is 6.61 Å². The van der Waals surface area contributed by atoms with Gasteiger partial charge in [0, 0.05) is 13.2 Å². The van der Waals surface area contributed by atoms with E-state index in [1.165, 1.54) is 0 Å². The van der Waals surface area contributed by atoms with Crippen molar-refractivity contribution >= 4 is 8.32 Å². The quantitative estimate of drug-likeness (QED) is 0.476. The molecule has 4 heteroatoms. The molecular weight excluding hydrogens is 208 g/mol. The Morgan fingerprint density at radius 3 is 2.13 bits per heavy atom. The zero-order valence-electron chi connectivity index (χ0n) is 10.5. The van der Waals surface area contributed by atoms with Gasteiger partial charge >= 0.3 is 0 Å². The zero-order chi connectivity index (χ0) is 11.4. The summed E-state index contributed by atoms with van der Waals surface area (Å²) < 4.78 is 17.6. The van der Waals surface area contributed by atoms with E-state index in [1.807, 2.05) is 0 Å². The van der Waals surface area contributed by atoms with E-state index in [0.717, 1.165) is 38.3 Å². The van der Waals surface area contributed by atoms with Crippen molar-refractivity contribution in [2.45, 2.75) is 51.6 Å². The van der Waals surface area contributed by atoms with Crippen LogP contribution in [-0.4, -0.2) is 33.5 Å². The fraction of sp³-hybridized carbons (Fsp3) is 1.00. The summed E-state index contributed by atoms with van der Waals surface area (Å²) in [5.41, 5.74) is -0.317. The molecule has 1 fully saturated rings. The number of rotatable bonds is 8. The number of epoxide rings is 1. The maximum Gasteiger partial charge on any atom is 0.259 e. The molecule has 0 aromatic heterocycles. The largest absolute Gasteiger partial charge is 0.411 e. The Kier molecular flexibility index (Phi) is 4.77. The number of ether oxygens (including phenoxy) is 2. The normalized spacial score (nSPS) is 25.6. The van der Waals surface area contributed by atoms with Crippen LogP contribution in [-0.2, 0) is 13.9 Å². The van der Waals surface area contributed by atoms with Crippen LogP contribution in [0.2, 0.25) is 12.1 Å². The highest BCUT2D eigenvalue weighted by Crippen LogP contribution is 2.43. The third-order valence-electron chi connectivity index (χ3n) is 3.20. The topological polar surface area (TPSA) is 31.0 Å². The SMILES string of the molecule is CCCOC1([Si](CC)(CC)OCC)CO1. The molecule has 0 bridgehead atoms. The lowest BCUT2D eigenvalue weighted by Gasteiger charge is -2.34. The predicted molar refractivity (Wildman–Crippen MR) is 63.3 cm³/mol. The van der Waals surface area contributed by atoms with Crippen molar-refractivity contribution in [2.24, 2.45) is 0 Å². The minimum Gasteiger partial charge on any atom is -0.411 e. The molecule has 0 radical (unpaired) electrons. The lowest BCUT2D eigenvalue weighted by molar-refractivity contribution is -0.00689. The molecule has 3 nitrogen and oxygen atoms in total. The fourth-order valence-corrected chi connectivity index (χ4v) is 5.91. The average Bonchev–Trinajstić information content (AvgIpc) is 3.04. The minimum atomic E-state index is -1.84. The van der Waals surface area contributed by atoms with E-state index in [9.17, 15) is 0 Å². The predicted octanol–water partition coefficient (Wildman–Crippen LogP) is 2.70. The standard InChI is InChI=1S/C11H24O3Si/c1-5-9-12-11(10-13-11)15(7-3,8-4)14-6-2/h5-10H2,1-4H3. The third-order valence-corrected chi connectivity index (χ3v) is 8.15. The lowest BCUT2D eigenvalue weighted by atomic mass is 10.5. The summed E-state index contributed by atoms with van der Waals surface area (Å²) in [6.45, 7) is 10.9. The molecule has 0 amide bonds. The van der Waals surface area contributed by atoms with Gasteiger partial charge in [0.05, 0.1) is 0 Å². The van der Waals surface area contributed by atoms with Crippen molar-refractivity contribution < 1.29 is 13.9 Å². The Labute approximate surface area is 94.2 Å². The van der Waals surface area contributed by atoms with Gasteiger partial charge in [-0.25, -0.2) is 0 Å². The maximum atomic E-state index is 6.04. The van der Waals surface area contributed by atoms with Crippen LogP contribution in [0.3, 0.4) is 0 Å². The molecule has 0 aromatic carbocycles. The fourth-order valence-electron chi connectivity index (χ4n) is 2.19. The van der Waals surface area contributed by atoms with E-state index in [4.69, 9.17) is 13.9 Å². The van der Waals surface area contributed by atoms with Gasteiger partial charge < -0.3 is 13.9 Å². The van der Waals surface area contributed by atoms with Gasteiger partial charge in [-0.3, -0.25) is 0 Å². The first-order valence-electron chi connectivity index (χ1n) is 6.12. The first-order valence-corrected chi connectivity index (χ1v) is 8.44. The van der Waals surface area contributed by atoms with Gasteiger partial charge in [-0.2, -0.15) is 0 Å². The van der Waals surface area contributed by atoms with Crippen LogP contribution in [0.25, 0.3) is 0 Å². The van der Waals surface area contributed by atoms with E-state index >= 15 is 0 Å². The molecule has 0 aliphatic carbocycles. The Balaban J connectivity index is 2.69. The van der Waals surface area contributed by atoms with Gasteiger partial charge in [-0.15, -0.1) is 0 Å². The summed E-state index contributed by atoms with van der Waals surface area (Å²) in [6.07, 6.45) is 1.04. The van der Waals surface area contributed by atoms with Crippen LogP contribution >= 0.6 is 0 Å². The summed E-state index contributed by atoms with van der Waals surface area (Å²) in [5.74, 6) is 0. The zero-order valence-corrected chi connectivity index (χ0v) is 11.5. The first-order chi connectivity index (χ1) is 7.20. The molecule has 1 rings (SSSR count). The molecule has 0 saturated carbocycles. The van der Waals surface area contributed by atoms with Crippen molar-refractivity contribution in [2.75, 3.05) is 19.8 Å². The molecule has 1 aliphatic rings. The molecular formula is C11H24O3Si. The van der Waals surface area contributed by atoms with Crippen LogP contribution in [0.15, 0.2) is 0 Å². The molecule has 0 aromatic rings. The second kappa shape index (κ2) is 5.43. The number of hydrogen-bond donors (Lipinski definition) is 0. The Hall–Kier alpha value is 0.0969. The van der Waals surface area contributed by atoms with E-state index in [2.05, 4.69) is 27.7 Å². The van der Waals surface area contributed by atoms with Gasteiger partial charge in [0.25, 0.3) is 8.32 Å². The molecule has 1 aliphatic heterocycles. The van der Waals surface area contributed by atoms with Gasteiger partial charge in [-0.05, 0) is 25.4 Å². The Morgan fingerprint density at radius 2 is 1.80 bits per heavy atom. The highest BCUT2D eigenvalue weighted by atomic mass is 28.4. The summed E-state index contributed by atoms with van der Waals surface area (Å²) in [6, 6.07) is 2.14. The minimum absolute atomic E-state index is 0.317. The van der Waals surface area contributed by atoms with Crippen molar-refractivity contribution in [1.29, 1.82) is 0 Å². The Morgan fingerprint density at radius 1 is 1.20 bits per heavy atom. The van der Waals surface area contributed by atoms with Crippen LogP contribution < -0.4 is 0 Å². The second-order valence-corrected chi connectivity index (χ2v) is 8.48. The molecule has 1 heterocycles. The summed E-state index contributed by atoms with van der Waals surface area (Å²) in [4.78, 5) is 0. The van der Waals surface area contributed by atoms with Crippen LogP contribution in [0, 0.1) is 0 Å². The van der Waals surface area contributed by atoms with Crippen molar-refractivity contribution in [3.05, 3.63) is 0 Å². The van der Waals surface area contributed by atoms with Crippen molar-refractivity contribution in [1.82, 2.24) is 0 Å². The molecule has 1 unspecified atom stereocenters. The van der Waals surface area contributed by atoms with E-state index in [1.54, 1.807) is 0 Å². The monoisotopic (exact) mass is 232 g/mol. The van der Waals surface area contributed by atoms with Gasteiger partial charge in [0.2, 0.25) is 5.41 Å². The molecule has 0 N–H and O–H groups in total. The van der Waals surface area contributed by atoms with Crippen LogP contribution in [0.5, 0.6) is 0 Å². The highest BCUT2D eigenvalue weighted by molar-refractivity contribution is 6.76. The molecule has 0 spiro atoms. The summed E-state index contributed by atoms with van der Waals surface area (Å²) in [5, 5.41) is 0. The first kappa shape index (κ1) is 13.2. The lowest BCUT2D eigenvalue weighted by Crippen LogP contribution is -2.54. The average molecular weight is 232 g/mol. The molecule has 1 saturated heterocycles. The summed E-state index contributed by atoms with van der Waals surface area (Å²) >= 11 is 0. The summed E-state index contributed by atoms with van der Waals surface area (Å²) in [7, 11) is -1.84.